The van der Waals surface area contributed by atoms with E-state index in [1.165, 1.54) is 19.2 Å². The van der Waals surface area contributed by atoms with E-state index in [4.69, 9.17) is 20.8 Å². The minimum absolute atomic E-state index is 0.0634. The topological polar surface area (TPSA) is 80.0 Å². The molecule has 1 amide bonds. The lowest BCUT2D eigenvalue weighted by Crippen LogP contribution is -2.30. The molecule has 0 aliphatic carbocycles. The number of carbonyl (C=O) groups excluding carboxylic acids is 2. The van der Waals surface area contributed by atoms with Gasteiger partial charge in [-0.2, -0.15) is 0 Å². The molecule has 9 heteroatoms. The van der Waals surface area contributed by atoms with E-state index < -0.39 is 40.8 Å². The highest BCUT2D eigenvalue weighted by Gasteiger charge is 2.49. The first kappa shape index (κ1) is 22.5. The highest BCUT2D eigenvalue weighted by molar-refractivity contribution is 6.51. The Hall–Kier alpha value is -3.65. The molecule has 170 valence electrons. The Balaban J connectivity index is 2.03. The first-order chi connectivity index (χ1) is 15.6. The van der Waals surface area contributed by atoms with E-state index in [-0.39, 0.29) is 27.7 Å². The zero-order valence-electron chi connectivity index (χ0n) is 17.8. The second-order valence-electron chi connectivity index (χ2n) is 7.54. The van der Waals surface area contributed by atoms with Crippen molar-refractivity contribution in [3.05, 3.63) is 87.3 Å². The first-order valence-corrected chi connectivity index (χ1v) is 10.2. The zero-order chi connectivity index (χ0) is 24.0. The maximum Gasteiger partial charge on any atom is 0.300 e. The molecule has 0 spiro atoms. The number of anilines is 1. The summed E-state index contributed by atoms with van der Waals surface area (Å²) in [4.78, 5) is 26.9. The van der Waals surface area contributed by atoms with E-state index in [0.29, 0.717) is 11.3 Å². The van der Waals surface area contributed by atoms with Gasteiger partial charge in [0.25, 0.3) is 11.7 Å². The fraction of sp³-hybridized carbons (Fsp3) is 0.167. The fourth-order valence-corrected chi connectivity index (χ4v) is 4.23. The molecule has 1 aliphatic rings. The van der Waals surface area contributed by atoms with Crippen LogP contribution in [0.2, 0.25) is 5.02 Å². The quantitative estimate of drug-likeness (QED) is 0.309. The summed E-state index contributed by atoms with van der Waals surface area (Å²) >= 11 is 6.24. The SMILES string of the molecule is COc1c(Cl)cc(C)cc1/C(O)=C1\C(=O)C(=O)N(c2cc(F)ccc2F)C1c1ccc(C)o1. The average molecular weight is 474 g/mol. The molecule has 1 N–H and O–H groups in total. The van der Waals surface area contributed by atoms with Gasteiger partial charge in [0.1, 0.15) is 40.7 Å². The highest BCUT2D eigenvalue weighted by atomic mass is 35.5. The third-order valence-corrected chi connectivity index (χ3v) is 5.57. The van der Waals surface area contributed by atoms with E-state index in [9.17, 15) is 23.5 Å². The maximum absolute atomic E-state index is 14.7. The molecule has 3 aromatic rings. The summed E-state index contributed by atoms with van der Waals surface area (Å²) in [5.41, 5.74) is -0.131. The van der Waals surface area contributed by atoms with Crippen molar-refractivity contribution in [1.29, 1.82) is 0 Å². The number of aliphatic hydroxyl groups is 1. The van der Waals surface area contributed by atoms with Crippen LogP contribution in [0, 0.1) is 25.5 Å². The number of Topliss-reactive ketones (excluding diaryl/α,β-unsaturated/α-hetero) is 1. The standard InChI is InChI=1S/C24H18ClF2NO5/c1-11-8-14(23(32-3)15(25)9-11)21(29)19-20(18-7-4-12(2)33-18)28(24(31)22(19)30)17-10-13(26)5-6-16(17)27/h4-10,20,29H,1-3H3/b21-19+. The smallest absolute Gasteiger partial charge is 0.300 e. The van der Waals surface area contributed by atoms with Gasteiger partial charge in [0, 0.05) is 6.07 Å². The molecule has 1 saturated heterocycles. The summed E-state index contributed by atoms with van der Waals surface area (Å²) in [6, 6.07) is 7.38. The third-order valence-electron chi connectivity index (χ3n) is 5.29. The van der Waals surface area contributed by atoms with Crippen LogP contribution in [0.3, 0.4) is 0 Å². The Morgan fingerprint density at radius 1 is 1.12 bits per heavy atom. The van der Waals surface area contributed by atoms with Crippen LogP contribution in [-0.2, 0) is 9.59 Å². The number of ether oxygens (including phenoxy) is 1. The largest absolute Gasteiger partial charge is 0.507 e. The molecule has 0 bridgehead atoms. The van der Waals surface area contributed by atoms with Gasteiger partial charge in [-0.15, -0.1) is 0 Å². The van der Waals surface area contributed by atoms with Gasteiger partial charge in [0.2, 0.25) is 0 Å². The molecule has 1 unspecified atom stereocenters. The van der Waals surface area contributed by atoms with Crippen molar-refractivity contribution in [1.82, 2.24) is 0 Å². The second kappa shape index (κ2) is 8.37. The Morgan fingerprint density at radius 3 is 2.48 bits per heavy atom. The summed E-state index contributed by atoms with van der Waals surface area (Å²) in [7, 11) is 1.33. The monoisotopic (exact) mass is 473 g/mol. The number of aliphatic hydroxyl groups excluding tert-OH is 1. The first-order valence-electron chi connectivity index (χ1n) is 9.81. The summed E-state index contributed by atoms with van der Waals surface area (Å²) in [6.45, 7) is 3.36. The molecule has 2 aromatic carbocycles. The molecule has 6 nitrogen and oxygen atoms in total. The number of rotatable bonds is 4. The minimum atomic E-state index is -1.36. The Kier molecular flexibility index (Phi) is 5.71. The highest BCUT2D eigenvalue weighted by Crippen LogP contribution is 2.45. The number of aryl methyl sites for hydroxylation is 2. The molecule has 1 atom stereocenters. The molecule has 0 saturated carbocycles. The van der Waals surface area contributed by atoms with Crippen LogP contribution in [0.15, 0.2) is 52.5 Å². The predicted octanol–water partition coefficient (Wildman–Crippen LogP) is 5.46. The second-order valence-corrected chi connectivity index (χ2v) is 7.95. The van der Waals surface area contributed by atoms with Crippen molar-refractivity contribution in [3.63, 3.8) is 0 Å². The molecular weight excluding hydrogens is 456 g/mol. The number of amides is 1. The average Bonchev–Trinajstić information content (AvgIpc) is 3.30. The van der Waals surface area contributed by atoms with Gasteiger partial charge in [-0.25, -0.2) is 8.78 Å². The summed E-state index contributed by atoms with van der Waals surface area (Å²) < 4.78 is 39.6. The third kappa shape index (κ3) is 3.76. The minimum Gasteiger partial charge on any atom is -0.507 e. The fourth-order valence-electron chi connectivity index (χ4n) is 3.88. The zero-order valence-corrected chi connectivity index (χ0v) is 18.5. The number of methoxy groups -OCH3 is 1. The molecule has 1 aromatic heterocycles. The molecule has 0 radical (unpaired) electrons. The van der Waals surface area contributed by atoms with Gasteiger partial charge in [-0.1, -0.05) is 11.6 Å². The number of halogens is 3. The van der Waals surface area contributed by atoms with Gasteiger partial charge in [-0.05, 0) is 55.8 Å². The van der Waals surface area contributed by atoms with E-state index in [0.717, 1.165) is 23.1 Å². The number of hydrogen-bond donors (Lipinski definition) is 1. The van der Waals surface area contributed by atoms with Crippen LogP contribution in [0.5, 0.6) is 5.75 Å². The molecule has 2 heterocycles. The van der Waals surface area contributed by atoms with Crippen LogP contribution in [0.1, 0.15) is 28.7 Å². The molecule has 1 fully saturated rings. The van der Waals surface area contributed by atoms with E-state index in [1.807, 2.05) is 0 Å². The molecule has 1 aliphatic heterocycles. The predicted molar refractivity (Wildman–Crippen MR) is 117 cm³/mol. The molecule has 4 rings (SSSR count). The van der Waals surface area contributed by atoms with Crippen molar-refractivity contribution >= 4 is 34.7 Å². The van der Waals surface area contributed by atoms with Crippen molar-refractivity contribution in [2.45, 2.75) is 19.9 Å². The molecule has 33 heavy (non-hydrogen) atoms. The van der Waals surface area contributed by atoms with E-state index in [1.54, 1.807) is 26.0 Å². The van der Waals surface area contributed by atoms with Crippen molar-refractivity contribution in [3.8, 4) is 5.75 Å². The van der Waals surface area contributed by atoms with Gasteiger partial charge in [-0.3, -0.25) is 14.5 Å². The number of hydrogen-bond acceptors (Lipinski definition) is 5. The van der Waals surface area contributed by atoms with Gasteiger partial charge < -0.3 is 14.3 Å². The number of nitrogens with zero attached hydrogens (tertiary/aromatic N) is 1. The van der Waals surface area contributed by atoms with Crippen LogP contribution < -0.4 is 9.64 Å². The van der Waals surface area contributed by atoms with Crippen LogP contribution >= 0.6 is 11.6 Å². The van der Waals surface area contributed by atoms with Gasteiger partial charge in [0.05, 0.1) is 29.0 Å². The summed E-state index contributed by atoms with van der Waals surface area (Å²) in [5, 5.41) is 11.4. The lowest BCUT2D eigenvalue weighted by atomic mass is 9.97. The van der Waals surface area contributed by atoms with E-state index in [2.05, 4.69) is 0 Å². The van der Waals surface area contributed by atoms with Crippen molar-refractivity contribution < 1.29 is 32.6 Å². The number of furan rings is 1. The molecular formula is C24H18ClF2NO5. The van der Waals surface area contributed by atoms with Crippen LogP contribution in [0.4, 0.5) is 14.5 Å². The van der Waals surface area contributed by atoms with Crippen molar-refractivity contribution in [2.75, 3.05) is 12.0 Å². The van der Waals surface area contributed by atoms with Crippen LogP contribution in [0.25, 0.3) is 5.76 Å². The Bertz CT molecular complexity index is 1330. The number of ketones is 1. The lowest BCUT2D eigenvalue weighted by molar-refractivity contribution is -0.132. The van der Waals surface area contributed by atoms with Crippen LogP contribution in [-0.4, -0.2) is 23.9 Å². The van der Waals surface area contributed by atoms with Gasteiger partial charge in [0.15, 0.2) is 0 Å². The number of carbonyl (C=O) groups is 2. The Labute approximate surface area is 192 Å². The summed E-state index contributed by atoms with van der Waals surface area (Å²) in [5.74, 6) is -3.97. The van der Waals surface area contributed by atoms with Crippen molar-refractivity contribution in [2.24, 2.45) is 0 Å². The maximum atomic E-state index is 14.7. The normalized spacial score (nSPS) is 17.6. The lowest BCUT2D eigenvalue weighted by Gasteiger charge is -2.24. The van der Waals surface area contributed by atoms with Gasteiger partial charge >= 0.3 is 0 Å². The Morgan fingerprint density at radius 2 is 1.85 bits per heavy atom. The number of benzene rings is 2. The summed E-state index contributed by atoms with van der Waals surface area (Å²) in [6.07, 6.45) is 0. The van der Waals surface area contributed by atoms with E-state index >= 15 is 0 Å².